The molecule has 0 unspecified atom stereocenters. The van der Waals surface area contributed by atoms with Crippen LogP contribution >= 0.6 is 0 Å². The van der Waals surface area contributed by atoms with Gasteiger partial charge in [0.2, 0.25) is 11.8 Å². The normalized spacial score (nSPS) is 25.7. The molecule has 0 spiro atoms. The van der Waals surface area contributed by atoms with Crippen molar-refractivity contribution in [2.45, 2.75) is 83.3 Å². The summed E-state index contributed by atoms with van der Waals surface area (Å²) in [6, 6.07) is 3.20. The van der Waals surface area contributed by atoms with E-state index in [2.05, 4.69) is 44.8 Å². The Morgan fingerprint density at radius 2 is 2.00 bits per heavy atom. The molecule has 2 atom stereocenters. The molecule has 1 aliphatic heterocycles. The molecule has 0 amide bonds. The van der Waals surface area contributed by atoms with E-state index in [1.165, 1.54) is 37.8 Å². The Bertz CT molecular complexity index is 688. The van der Waals surface area contributed by atoms with E-state index in [0.29, 0.717) is 18.0 Å². The zero-order valence-corrected chi connectivity index (χ0v) is 15.4. The summed E-state index contributed by atoms with van der Waals surface area (Å²) >= 11 is 0. The van der Waals surface area contributed by atoms with Crippen LogP contribution in [0.3, 0.4) is 0 Å². The number of aromatic nitrogens is 4. The van der Waals surface area contributed by atoms with Crippen molar-refractivity contribution in [3.8, 4) is 0 Å². The zero-order valence-electron chi connectivity index (χ0n) is 15.4. The fraction of sp³-hybridized carbons (Fsp3) is 0.737. The summed E-state index contributed by atoms with van der Waals surface area (Å²) in [5, 5.41) is 13.1. The minimum atomic E-state index is 0.337. The summed E-state index contributed by atoms with van der Waals surface area (Å²) < 4.78 is 8.15. The Morgan fingerprint density at radius 1 is 1.16 bits per heavy atom. The lowest BCUT2D eigenvalue weighted by Gasteiger charge is -2.38. The molecule has 0 radical (unpaired) electrons. The van der Waals surface area contributed by atoms with Gasteiger partial charge >= 0.3 is 0 Å². The largest absolute Gasteiger partial charge is 0.425 e. The number of aryl methyl sites for hydroxylation is 1. The molecule has 6 heteroatoms. The van der Waals surface area contributed by atoms with Crippen molar-refractivity contribution in [3.05, 3.63) is 29.7 Å². The quantitative estimate of drug-likeness (QED) is 0.828. The topological polar surface area (TPSA) is 60.0 Å². The van der Waals surface area contributed by atoms with E-state index in [0.717, 1.165) is 37.7 Å². The van der Waals surface area contributed by atoms with Crippen LogP contribution < -0.4 is 0 Å². The first kappa shape index (κ1) is 16.8. The molecule has 2 fully saturated rings. The minimum absolute atomic E-state index is 0.337. The first-order valence-corrected chi connectivity index (χ1v) is 9.85. The lowest BCUT2D eigenvalue weighted by Crippen LogP contribution is -2.42. The van der Waals surface area contributed by atoms with Crippen LogP contribution in [0.25, 0.3) is 0 Å². The van der Waals surface area contributed by atoms with E-state index >= 15 is 0 Å². The van der Waals surface area contributed by atoms with E-state index in [1.807, 2.05) is 6.20 Å². The molecule has 1 aliphatic carbocycles. The number of piperidine rings is 1. The molecular weight excluding hydrogens is 314 g/mol. The fourth-order valence-corrected chi connectivity index (χ4v) is 4.48. The van der Waals surface area contributed by atoms with Crippen molar-refractivity contribution in [1.82, 2.24) is 24.9 Å². The molecule has 4 rings (SSSR count). The van der Waals surface area contributed by atoms with Gasteiger partial charge < -0.3 is 4.42 Å². The maximum atomic E-state index is 5.86. The minimum Gasteiger partial charge on any atom is -0.425 e. The van der Waals surface area contributed by atoms with Gasteiger partial charge in [-0.2, -0.15) is 5.10 Å². The van der Waals surface area contributed by atoms with E-state index in [9.17, 15) is 0 Å². The molecule has 2 aromatic heterocycles. The van der Waals surface area contributed by atoms with Crippen molar-refractivity contribution in [2.75, 3.05) is 6.54 Å². The first-order chi connectivity index (χ1) is 12.3. The van der Waals surface area contributed by atoms with Gasteiger partial charge in [0.05, 0.1) is 17.7 Å². The molecule has 1 saturated carbocycles. The second-order valence-corrected chi connectivity index (χ2v) is 7.55. The van der Waals surface area contributed by atoms with Gasteiger partial charge in [-0.3, -0.25) is 9.58 Å². The van der Waals surface area contributed by atoms with Crippen LogP contribution in [0.15, 0.2) is 16.7 Å². The Hall–Kier alpha value is -1.69. The van der Waals surface area contributed by atoms with Gasteiger partial charge in [-0.05, 0) is 45.2 Å². The van der Waals surface area contributed by atoms with Gasteiger partial charge in [0.1, 0.15) is 0 Å². The predicted molar refractivity (Wildman–Crippen MR) is 95.3 cm³/mol. The molecule has 136 valence electrons. The molecule has 3 heterocycles. The van der Waals surface area contributed by atoms with Crippen LogP contribution in [-0.2, 0) is 13.0 Å². The van der Waals surface area contributed by atoms with Gasteiger partial charge in [-0.25, -0.2) is 0 Å². The van der Waals surface area contributed by atoms with Crippen molar-refractivity contribution < 1.29 is 4.42 Å². The molecule has 1 saturated heterocycles. The van der Waals surface area contributed by atoms with Crippen molar-refractivity contribution >= 4 is 0 Å². The second kappa shape index (κ2) is 7.28. The molecule has 0 N–H and O–H groups in total. The number of nitrogens with zero attached hydrogens (tertiary/aromatic N) is 5. The maximum Gasteiger partial charge on any atom is 0.221 e. The van der Waals surface area contributed by atoms with Crippen LogP contribution in [0.2, 0.25) is 0 Å². The summed E-state index contributed by atoms with van der Waals surface area (Å²) in [7, 11) is 0. The van der Waals surface area contributed by atoms with Gasteiger partial charge in [0.15, 0.2) is 0 Å². The van der Waals surface area contributed by atoms with Gasteiger partial charge in [0.25, 0.3) is 0 Å². The number of rotatable bonds is 5. The summed E-state index contributed by atoms with van der Waals surface area (Å²) in [6.45, 7) is 6.44. The molecule has 2 aromatic rings. The van der Waals surface area contributed by atoms with E-state index in [-0.39, 0.29) is 0 Å². The Morgan fingerprint density at radius 3 is 2.76 bits per heavy atom. The highest BCUT2D eigenvalue weighted by Crippen LogP contribution is 2.34. The molecule has 0 aromatic carbocycles. The summed E-state index contributed by atoms with van der Waals surface area (Å²) in [6.07, 6.45) is 10.3. The average molecular weight is 343 g/mol. The van der Waals surface area contributed by atoms with Gasteiger partial charge in [-0.1, -0.05) is 19.8 Å². The zero-order chi connectivity index (χ0) is 17.2. The monoisotopic (exact) mass is 343 g/mol. The van der Waals surface area contributed by atoms with Crippen LogP contribution in [-0.4, -0.2) is 37.5 Å². The predicted octanol–water partition coefficient (Wildman–Crippen LogP) is 3.71. The van der Waals surface area contributed by atoms with Crippen LogP contribution in [0.5, 0.6) is 0 Å². The SMILES string of the molecule is CCc1nnc([C@H]2CCCN(Cc3ccnn3C3CCCC3)[C@H]2C)o1. The summed E-state index contributed by atoms with van der Waals surface area (Å²) in [4.78, 5) is 2.56. The standard InChI is InChI=1S/C19H29N5O/c1-3-18-21-22-19(25-18)17-9-6-12-23(14(17)2)13-16-10-11-20-24(16)15-7-4-5-8-15/h10-11,14-15,17H,3-9,12-13H2,1-2H3/t14-,17-/m0/s1. The van der Waals surface area contributed by atoms with Crippen LogP contribution in [0.4, 0.5) is 0 Å². The summed E-state index contributed by atoms with van der Waals surface area (Å²) in [5.41, 5.74) is 1.35. The lowest BCUT2D eigenvalue weighted by atomic mass is 9.90. The smallest absolute Gasteiger partial charge is 0.221 e. The Balaban J connectivity index is 1.48. The lowest BCUT2D eigenvalue weighted by molar-refractivity contribution is 0.114. The van der Waals surface area contributed by atoms with E-state index < -0.39 is 0 Å². The van der Waals surface area contributed by atoms with Crippen molar-refractivity contribution in [3.63, 3.8) is 0 Å². The fourth-order valence-electron chi connectivity index (χ4n) is 4.48. The second-order valence-electron chi connectivity index (χ2n) is 7.55. The highest BCUT2D eigenvalue weighted by molar-refractivity contribution is 5.06. The van der Waals surface area contributed by atoms with Crippen molar-refractivity contribution in [1.29, 1.82) is 0 Å². The number of hydrogen-bond acceptors (Lipinski definition) is 5. The van der Waals surface area contributed by atoms with E-state index in [4.69, 9.17) is 4.42 Å². The third-order valence-electron chi connectivity index (χ3n) is 6.01. The molecule has 6 nitrogen and oxygen atoms in total. The third-order valence-corrected chi connectivity index (χ3v) is 6.01. The first-order valence-electron chi connectivity index (χ1n) is 9.85. The molecule has 0 bridgehead atoms. The highest BCUT2D eigenvalue weighted by atomic mass is 16.4. The third kappa shape index (κ3) is 3.36. The molecule has 2 aliphatic rings. The highest BCUT2D eigenvalue weighted by Gasteiger charge is 2.33. The van der Waals surface area contributed by atoms with Gasteiger partial charge in [0, 0.05) is 25.2 Å². The number of hydrogen-bond donors (Lipinski definition) is 0. The van der Waals surface area contributed by atoms with Crippen LogP contribution in [0.1, 0.15) is 81.8 Å². The molecule has 25 heavy (non-hydrogen) atoms. The number of likely N-dealkylation sites (tertiary alicyclic amines) is 1. The van der Waals surface area contributed by atoms with Crippen molar-refractivity contribution in [2.24, 2.45) is 0 Å². The Kier molecular flexibility index (Phi) is 4.88. The molecular formula is C19H29N5O. The van der Waals surface area contributed by atoms with E-state index in [1.54, 1.807) is 0 Å². The maximum absolute atomic E-state index is 5.86. The Labute approximate surface area is 149 Å². The van der Waals surface area contributed by atoms with Gasteiger partial charge in [-0.15, -0.1) is 10.2 Å². The summed E-state index contributed by atoms with van der Waals surface area (Å²) in [5.74, 6) is 1.90. The van der Waals surface area contributed by atoms with Crippen LogP contribution in [0, 0.1) is 0 Å². The average Bonchev–Trinajstić information content (AvgIpc) is 3.37.